The van der Waals surface area contributed by atoms with Crippen LogP contribution in [-0.4, -0.2) is 38.5 Å². The summed E-state index contributed by atoms with van der Waals surface area (Å²) in [6.45, 7) is 0.529. The Kier molecular flexibility index (Phi) is 8.30. The lowest BCUT2D eigenvalue weighted by molar-refractivity contribution is -0.116. The van der Waals surface area contributed by atoms with Gasteiger partial charge in [-0.05, 0) is 61.4 Å². The summed E-state index contributed by atoms with van der Waals surface area (Å²) in [6.07, 6.45) is 14.5. The molecule has 1 saturated carbocycles. The van der Waals surface area contributed by atoms with E-state index in [2.05, 4.69) is 25.1 Å². The smallest absolute Gasteiger partial charge is 0.243 e. The van der Waals surface area contributed by atoms with Crippen molar-refractivity contribution in [2.75, 3.05) is 12.8 Å². The van der Waals surface area contributed by atoms with E-state index in [1.54, 1.807) is 42.2 Å². The van der Waals surface area contributed by atoms with Gasteiger partial charge < -0.3 is 14.6 Å². The normalized spacial score (nSPS) is 14.1. The highest BCUT2D eigenvalue weighted by Gasteiger charge is 2.23. The highest BCUT2D eigenvalue weighted by atomic mass is 32.2. The van der Waals surface area contributed by atoms with E-state index >= 15 is 0 Å². The predicted octanol–water partition coefficient (Wildman–Crippen LogP) is 5.20. The van der Waals surface area contributed by atoms with Gasteiger partial charge in [0.25, 0.3) is 0 Å². The fraction of sp³-hybridized carbons (Fsp3) is 0.360. The second-order valence-corrected chi connectivity index (χ2v) is 8.89. The first kappa shape index (κ1) is 23.9. The van der Waals surface area contributed by atoms with Gasteiger partial charge >= 0.3 is 0 Å². The number of nitrogens with zero attached hydrogens (tertiary/aromatic N) is 4. The number of carbonyl (C=O) groups excluding carboxylic acids is 1. The average Bonchev–Trinajstić information content (AvgIpc) is 3.52. The van der Waals surface area contributed by atoms with E-state index in [9.17, 15) is 9.18 Å². The maximum absolute atomic E-state index is 14.3. The molecule has 0 atom stereocenters. The molecule has 2 heterocycles. The summed E-state index contributed by atoms with van der Waals surface area (Å²) in [5, 5.41) is 12.6. The van der Waals surface area contributed by atoms with Gasteiger partial charge in [0, 0.05) is 31.3 Å². The highest BCUT2D eigenvalue weighted by Crippen LogP contribution is 2.33. The molecular weight excluding hydrogens is 453 g/mol. The third-order valence-corrected chi connectivity index (χ3v) is 6.37. The fourth-order valence-electron chi connectivity index (χ4n) is 4.07. The number of amides is 1. The Labute approximate surface area is 202 Å². The van der Waals surface area contributed by atoms with Crippen LogP contribution in [0.5, 0.6) is 11.5 Å². The molecule has 1 aliphatic carbocycles. The minimum Gasteiger partial charge on any atom is -0.453 e. The number of nitrogens with one attached hydrogen (secondary N) is 1. The molecular formula is C25H28FN5O2S. The van der Waals surface area contributed by atoms with Crippen molar-refractivity contribution in [3.05, 3.63) is 66.0 Å². The molecule has 2 aromatic heterocycles. The molecule has 1 amide bonds. The van der Waals surface area contributed by atoms with Gasteiger partial charge in [-0.25, -0.2) is 4.39 Å². The van der Waals surface area contributed by atoms with Crippen LogP contribution in [0.1, 0.15) is 49.5 Å². The predicted molar refractivity (Wildman–Crippen MR) is 130 cm³/mol. The van der Waals surface area contributed by atoms with Crippen LogP contribution in [-0.2, 0) is 11.2 Å². The van der Waals surface area contributed by atoms with Crippen LogP contribution in [0.2, 0.25) is 0 Å². The highest BCUT2D eigenvalue weighted by molar-refractivity contribution is 7.98. The van der Waals surface area contributed by atoms with E-state index in [-0.39, 0.29) is 11.7 Å². The number of benzene rings is 1. The van der Waals surface area contributed by atoms with Crippen LogP contribution in [0.25, 0.3) is 6.08 Å². The molecule has 34 heavy (non-hydrogen) atoms. The maximum atomic E-state index is 14.3. The number of pyridine rings is 1. The van der Waals surface area contributed by atoms with Crippen LogP contribution in [0.15, 0.2) is 54.0 Å². The summed E-state index contributed by atoms with van der Waals surface area (Å²) < 4.78 is 22.1. The molecule has 1 fully saturated rings. The van der Waals surface area contributed by atoms with Gasteiger partial charge in [0.2, 0.25) is 5.91 Å². The van der Waals surface area contributed by atoms with Crippen molar-refractivity contribution >= 4 is 23.7 Å². The molecule has 1 aliphatic rings. The summed E-state index contributed by atoms with van der Waals surface area (Å²) in [6, 6.07) is 8.46. The van der Waals surface area contributed by atoms with Gasteiger partial charge in [0.05, 0.1) is 6.20 Å². The van der Waals surface area contributed by atoms with E-state index in [0.717, 1.165) is 23.8 Å². The first-order valence-electron chi connectivity index (χ1n) is 11.4. The van der Waals surface area contributed by atoms with Crippen molar-refractivity contribution in [3.63, 3.8) is 0 Å². The van der Waals surface area contributed by atoms with Gasteiger partial charge in [0.15, 0.2) is 16.7 Å². The quantitative estimate of drug-likeness (QED) is 0.243. The number of aryl methyl sites for hydroxylation is 1. The molecule has 0 saturated heterocycles. The number of hydrogen-bond acceptors (Lipinski definition) is 6. The Morgan fingerprint density at radius 2 is 2.15 bits per heavy atom. The summed E-state index contributed by atoms with van der Waals surface area (Å²) in [5.41, 5.74) is 0.570. The monoisotopic (exact) mass is 481 g/mol. The van der Waals surface area contributed by atoms with Crippen molar-refractivity contribution < 1.29 is 13.9 Å². The number of aromatic nitrogens is 4. The zero-order chi connectivity index (χ0) is 23.8. The largest absolute Gasteiger partial charge is 0.453 e. The Morgan fingerprint density at radius 3 is 2.88 bits per heavy atom. The molecule has 1 N–H and O–H groups in total. The Morgan fingerprint density at radius 1 is 1.29 bits per heavy atom. The van der Waals surface area contributed by atoms with E-state index in [1.165, 1.54) is 50.1 Å². The van der Waals surface area contributed by atoms with Gasteiger partial charge in [-0.2, -0.15) is 0 Å². The number of rotatable bonds is 10. The minimum atomic E-state index is -0.512. The van der Waals surface area contributed by atoms with E-state index < -0.39 is 5.82 Å². The van der Waals surface area contributed by atoms with E-state index in [1.807, 2.05) is 6.26 Å². The lowest BCUT2D eigenvalue weighted by Gasteiger charge is -2.16. The summed E-state index contributed by atoms with van der Waals surface area (Å²) in [7, 11) is 0. The Hall–Kier alpha value is -3.20. The second kappa shape index (κ2) is 11.8. The molecule has 178 valence electrons. The van der Waals surface area contributed by atoms with Crippen LogP contribution in [0.4, 0.5) is 4.39 Å². The summed E-state index contributed by atoms with van der Waals surface area (Å²) in [4.78, 5) is 16.1. The van der Waals surface area contributed by atoms with Crippen molar-refractivity contribution in [2.45, 2.75) is 49.7 Å². The number of hydrogen-bond donors (Lipinski definition) is 1. The molecule has 0 radical (unpaired) electrons. The number of carbonyl (C=O) groups is 1. The molecule has 7 nitrogen and oxygen atoms in total. The topological polar surface area (TPSA) is 81.9 Å². The summed E-state index contributed by atoms with van der Waals surface area (Å²) in [5.74, 6) is 0.811. The SMILES string of the molecule is CSc1nnc(CCCNC(=O)/C=C/c2ccc(Oc3cccnc3)c(F)c2)n1C1CCCC1. The molecule has 0 unspecified atom stereocenters. The van der Waals surface area contributed by atoms with Crippen molar-refractivity contribution in [3.8, 4) is 11.5 Å². The van der Waals surface area contributed by atoms with Crippen LogP contribution in [0, 0.1) is 5.82 Å². The lowest BCUT2D eigenvalue weighted by atomic mass is 10.2. The molecule has 1 aromatic carbocycles. The lowest BCUT2D eigenvalue weighted by Crippen LogP contribution is -2.23. The van der Waals surface area contributed by atoms with Crippen LogP contribution in [0.3, 0.4) is 0 Å². The van der Waals surface area contributed by atoms with Gasteiger partial charge in [-0.3, -0.25) is 9.78 Å². The van der Waals surface area contributed by atoms with Gasteiger partial charge in [0.1, 0.15) is 11.6 Å². The first-order chi connectivity index (χ1) is 16.6. The fourth-order valence-corrected chi connectivity index (χ4v) is 4.65. The molecule has 0 aliphatic heterocycles. The molecule has 3 aromatic rings. The van der Waals surface area contributed by atoms with E-state index in [0.29, 0.717) is 23.9 Å². The van der Waals surface area contributed by atoms with E-state index in [4.69, 9.17) is 4.74 Å². The van der Waals surface area contributed by atoms with Crippen molar-refractivity contribution in [1.82, 2.24) is 25.1 Å². The molecule has 9 heteroatoms. The van der Waals surface area contributed by atoms with Gasteiger partial charge in [-0.1, -0.05) is 30.7 Å². The second-order valence-electron chi connectivity index (χ2n) is 8.12. The number of ether oxygens (including phenoxy) is 1. The van der Waals surface area contributed by atoms with Crippen LogP contribution < -0.4 is 10.1 Å². The third kappa shape index (κ3) is 6.22. The average molecular weight is 482 g/mol. The Bertz CT molecular complexity index is 1130. The van der Waals surface area contributed by atoms with Gasteiger partial charge in [-0.15, -0.1) is 10.2 Å². The molecule has 0 spiro atoms. The van der Waals surface area contributed by atoms with Crippen molar-refractivity contribution in [2.24, 2.45) is 0 Å². The third-order valence-electron chi connectivity index (χ3n) is 5.73. The first-order valence-corrected chi connectivity index (χ1v) is 12.7. The standard InChI is InChI=1S/C25H28FN5O2S/c1-34-25-30-29-23(31(25)19-6-2-3-7-19)9-5-15-28-24(32)13-11-18-10-12-22(21(26)16-18)33-20-8-4-14-27-17-20/h4,8,10-14,16-17,19H,2-3,5-7,9,15H2,1H3,(H,28,32)/b13-11+. The number of thioether (sulfide) groups is 1. The molecule has 4 rings (SSSR count). The maximum Gasteiger partial charge on any atom is 0.243 e. The zero-order valence-corrected chi connectivity index (χ0v) is 19.9. The number of halogens is 1. The van der Waals surface area contributed by atoms with Crippen molar-refractivity contribution in [1.29, 1.82) is 0 Å². The zero-order valence-electron chi connectivity index (χ0n) is 19.1. The molecule has 0 bridgehead atoms. The summed E-state index contributed by atoms with van der Waals surface area (Å²) >= 11 is 1.63. The minimum absolute atomic E-state index is 0.102. The van der Waals surface area contributed by atoms with Crippen LogP contribution >= 0.6 is 11.8 Å². The Balaban J connectivity index is 1.25.